The van der Waals surface area contributed by atoms with Crippen molar-refractivity contribution in [2.24, 2.45) is 0 Å². The highest BCUT2D eigenvalue weighted by Gasteiger charge is 2.31. The van der Waals surface area contributed by atoms with Gasteiger partial charge in [-0.25, -0.2) is 8.42 Å². The SMILES string of the molecule is CN(CCS(=O)(=O)N(Cc1ccc(OC(F)(F)F)cc1)c1ccc2ccccc2c1)Cc1ccccc1. The minimum atomic E-state index is -4.80. The van der Waals surface area contributed by atoms with E-state index in [2.05, 4.69) is 4.74 Å². The molecule has 0 atom stereocenters. The van der Waals surface area contributed by atoms with Crippen molar-refractivity contribution in [1.82, 2.24) is 4.90 Å². The lowest BCUT2D eigenvalue weighted by atomic mass is 10.1. The predicted molar refractivity (Wildman–Crippen MR) is 140 cm³/mol. The first-order valence-electron chi connectivity index (χ1n) is 11.7. The zero-order valence-corrected chi connectivity index (χ0v) is 21.0. The normalized spacial score (nSPS) is 12.1. The van der Waals surface area contributed by atoms with E-state index in [0.717, 1.165) is 16.3 Å². The van der Waals surface area contributed by atoms with Crippen LogP contribution in [-0.2, 0) is 23.1 Å². The van der Waals surface area contributed by atoms with Crippen LogP contribution < -0.4 is 9.04 Å². The van der Waals surface area contributed by atoms with Gasteiger partial charge in [0, 0.05) is 13.1 Å². The second-order valence-electron chi connectivity index (χ2n) is 8.77. The van der Waals surface area contributed by atoms with Crippen molar-refractivity contribution in [3.63, 3.8) is 0 Å². The number of hydrogen-bond donors (Lipinski definition) is 0. The van der Waals surface area contributed by atoms with E-state index in [0.29, 0.717) is 24.3 Å². The van der Waals surface area contributed by atoms with Crippen LogP contribution in [-0.4, -0.2) is 39.0 Å². The molecule has 9 heteroatoms. The molecule has 4 aromatic rings. The van der Waals surface area contributed by atoms with Gasteiger partial charge in [0.1, 0.15) is 5.75 Å². The minimum Gasteiger partial charge on any atom is -0.406 e. The maximum absolute atomic E-state index is 13.6. The summed E-state index contributed by atoms with van der Waals surface area (Å²) in [5, 5.41) is 1.86. The van der Waals surface area contributed by atoms with Crippen molar-refractivity contribution in [2.45, 2.75) is 19.5 Å². The molecule has 0 aromatic heterocycles. The highest BCUT2D eigenvalue weighted by Crippen LogP contribution is 2.28. The molecule has 4 aromatic carbocycles. The van der Waals surface area contributed by atoms with Crippen LogP contribution in [0.15, 0.2) is 97.1 Å². The molecule has 5 nitrogen and oxygen atoms in total. The third-order valence-electron chi connectivity index (χ3n) is 5.87. The Hall–Kier alpha value is -3.56. The number of benzene rings is 4. The molecule has 0 bridgehead atoms. The molecule has 0 fully saturated rings. The van der Waals surface area contributed by atoms with Gasteiger partial charge in [-0.1, -0.05) is 72.8 Å². The van der Waals surface area contributed by atoms with Gasteiger partial charge in [0.2, 0.25) is 10.0 Å². The Morgan fingerprint density at radius 1 is 0.757 bits per heavy atom. The summed E-state index contributed by atoms with van der Waals surface area (Å²) in [6, 6.07) is 28.0. The van der Waals surface area contributed by atoms with Gasteiger partial charge in [-0.2, -0.15) is 0 Å². The molecule has 194 valence electrons. The van der Waals surface area contributed by atoms with Crippen LogP contribution in [0, 0.1) is 0 Å². The van der Waals surface area contributed by atoms with Crippen molar-refractivity contribution in [3.8, 4) is 5.75 Å². The van der Waals surface area contributed by atoms with Crippen molar-refractivity contribution >= 4 is 26.5 Å². The van der Waals surface area contributed by atoms with E-state index in [9.17, 15) is 21.6 Å². The summed E-state index contributed by atoms with van der Waals surface area (Å²) >= 11 is 0. The lowest BCUT2D eigenvalue weighted by molar-refractivity contribution is -0.274. The Kier molecular flexibility index (Phi) is 8.04. The first-order valence-corrected chi connectivity index (χ1v) is 13.3. The van der Waals surface area contributed by atoms with Gasteiger partial charge in [0.25, 0.3) is 0 Å². The monoisotopic (exact) mass is 528 g/mol. The second kappa shape index (κ2) is 11.2. The molecule has 0 aliphatic rings. The highest BCUT2D eigenvalue weighted by molar-refractivity contribution is 7.92. The third-order valence-corrected chi connectivity index (χ3v) is 7.58. The number of nitrogens with zero attached hydrogens (tertiary/aromatic N) is 2. The summed E-state index contributed by atoms with van der Waals surface area (Å²) in [4.78, 5) is 1.94. The first-order chi connectivity index (χ1) is 17.6. The van der Waals surface area contributed by atoms with Gasteiger partial charge in [-0.15, -0.1) is 13.2 Å². The third kappa shape index (κ3) is 7.47. The summed E-state index contributed by atoms with van der Waals surface area (Å²) in [6.45, 7) is 0.877. The fourth-order valence-electron chi connectivity index (χ4n) is 4.00. The van der Waals surface area contributed by atoms with E-state index in [1.54, 1.807) is 6.07 Å². The number of halogens is 3. The number of ether oxygens (including phenoxy) is 1. The lowest BCUT2D eigenvalue weighted by Gasteiger charge is -2.26. The van der Waals surface area contributed by atoms with Crippen LogP contribution in [0.1, 0.15) is 11.1 Å². The Balaban J connectivity index is 1.57. The molecule has 0 radical (unpaired) electrons. The van der Waals surface area contributed by atoms with E-state index in [1.807, 2.05) is 78.7 Å². The summed E-state index contributed by atoms with van der Waals surface area (Å²) in [7, 11) is -1.92. The summed E-state index contributed by atoms with van der Waals surface area (Å²) in [6.07, 6.45) is -4.80. The zero-order valence-electron chi connectivity index (χ0n) is 20.2. The molecule has 0 saturated heterocycles. The Bertz CT molecular complexity index is 1430. The smallest absolute Gasteiger partial charge is 0.406 e. The van der Waals surface area contributed by atoms with Crippen molar-refractivity contribution in [1.29, 1.82) is 0 Å². The van der Waals surface area contributed by atoms with Crippen LogP contribution >= 0.6 is 0 Å². The standard InChI is InChI=1S/C28H27F3N2O3S/c1-32(20-22-7-3-2-4-8-22)17-18-37(34,35)33(26-14-13-24-9-5-6-10-25(24)19-26)21-23-11-15-27(16-12-23)36-28(29,30)31/h2-16,19H,17-18,20-21H2,1H3. The number of rotatable bonds is 10. The fraction of sp³-hybridized carbons (Fsp3) is 0.214. The van der Waals surface area contributed by atoms with Gasteiger partial charge in [-0.05, 0) is 53.2 Å². The molecule has 0 unspecified atom stereocenters. The number of alkyl halides is 3. The van der Waals surface area contributed by atoms with Gasteiger partial charge in [-0.3, -0.25) is 4.31 Å². The molecular weight excluding hydrogens is 501 g/mol. The van der Waals surface area contributed by atoms with Crippen molar-refractivity contribution in [3.05, 3.63) is 108 Å². The number of fused-ring (bicyclic) bond motifs is 1. The summed E-state index contributed by atoms with van der Waals surface area (Å²) < 4.78 is 70.1. The van der Waals surface area contributed by atoms with Crippen LogP contribution in [0.2, 0.25) is 0 Å². The largest absolute Gasteiger partial charge is 0.573 e. The Morgan fingerprint density at radius 2 is 1.38 bits per heavy atom. The topological polar surface area (TPSA) is 49.9 Å². The molecule has 0 spiro atoms. The summed E-state index contributed by atoms with van der Waals surface area (Å²) in [5.41, 5.74) is 2.10. The first kappa shape index (κ1) is 26.5. The average molecular weight is 529 g/mol. The van der Waals surface area contributed by atoms with E-state index in [1.165, 1.54) is 28.6 Å². The molecular formula is C28H27F3N2O3S. The number of anilines is 1. The average Bonchev–Trinajstić information content (AvgIpc) is 2.86. The van der Waals surface area contributed by atoms with Gasteiger partial charge >= 0.3 is 6.36 Å². The quantitative estimate of drug-likeness (QED) is 0.246. The molecule has 0 aliphatic carbocycles. The van der Waals surface area contributed by atoms with Gasteiger partial charge < -0.3 is 9.64 Å². The maximum atomic E-state index is 13.6. The van der Waals surface area contributed by atoms with Gasteiger partial charge in [0.15, 0.2) is 0 Å². The van der Waals surface area contributed by atoms with E-state index in [-0.39, 0.29) is 18.0 Å². The van der Waals surface area contributed by atoms with Gasteiger partial charge in [0.05, 0.1) is 18.0 Å². The predicted octanol–water partition coefficient (Wildman–Crippen LogP) is 6.21. The molecule has 4 rings (SSSR count). The number of sulfonamides is 1. The van der Waals surface area contributed by atoms with Crippen LogP contribution in [0.5, 0.6) is 5.75 Å². The highest BCUT2D eigenvalue weighted by atomic mass is 32.2. The maximum Gasteiger partial charge on any atom is 0.573 e. The van der Waals surface area contributed by atoms with Crippen molar-refractivity contribution < 1.29 is 26.3 Å². The van der Waals surface area contributed by atoms with Crippen LogP contribution in [0.25, 0.3) is 10.8 Å². The molecule has 0 heterocycles. The molecule has 0 aliphatic heterocycles. The number of hydrogen-bond acceptors (Lipinski definition) is 4. The molecule has 0 N–H and O–H groups in total. The minimum absolute atomic E-state index is 0.0324. The second-order valence-corrected chi connectivity index (χ2v) is 10.8. The van der Waals surface area contributed by atoms with Crippen molar-refractivity contribution in [2.75, 3.05) is 23.7 Å². The molecule has 37 heavy (non-hydrogen) atoms. The fourth-order valence-corrected chi connectivity index (χ4v) is 5.54. The lowest BCUT2D eigenvalue weighted by Crippen LogP contribution is -2.36. The summed E-state index contributed by atoms with van der Waals surface area (Å²) in [5.74, 6) is -0.489. The van der Waals surface area contributed by atoms with E-state index in [4.69, 9.17) is 0 Å². The Labute approximate surface area is 214 Å². The van der Waals surface area contributed by atoms with Crippen LogP contribution in [0.4, 0.5) is 18.9 Å². The van der Waals surface area contributed by atoms with E-state index >= 15 is 0 Å². The van der Waals surface area contributed by atoms with E-state index < -0.39 is 16.4 Å². The molecule has 0 saturated carbocycles. The molecule has 0 amide bonds. The zero-order chi connectivity index (χ0) is 26.5. The Morgan fingerprint density at radius 3 is 2.05 bits per heavy atom. The van der Waals surface area contributed by atoms with Crippen LogP contribution in [0.3, 0.4) is 0 Å².